The lowest BCUT2D eigenvalue weighted by Crippen LogP contribution is -2.13. The Bertz CT molecular complexity index is 746. The van der Waals surface area contributed by atoms with Crippen molar-refractivity contribution in [1.82, 2.24) is 0 Å². The quantitative estimate of drug-likeness (QED) is 0.479. The third-order valence-electron chi connectivity index (χ3n) is 2.84. The predicted molar refractivity (Wildman–Crippen MR) is 83.0 cm³/mol. The first-order valence-electron chi connectivity index (χ1n) is 6.25. The van der Waals surface area contributed by atoms with Gasteiger partial charge in [-0.2, -0.15) is 0 Å². The lowest BCUT2D eigenvalue weighted by molar-refractivity contribution is 0.0397. The van der Waals surface area contributed by atoms with Crippen molar-refractivity contribution in [3.63, 3.8) is 0 Å². The van der Waals surface area contributed by atoms with Crippen LogP contribution in [0.15, 0.2) is 48.5 Å². The van der Waals surface area contributed by atoms with E-state index in [9.17, 15) is 19.2 Å². The lowest BCUT2D eigenvalue weighted by atomic mass is 10.1. The summed E-state index contributed by atoms with van der Waals surface area (Å²) in [6, 6.07) is 10.9. The average molecular weight is 351 g/mol. The Morgan fingerprint density at radius 3 is 1.35 bits per heavy atom. The molecule has 0 aliphatic rings. The molecule has 0 spiro atoms. The smallest absolute Gasteiger partial charge is 0.346 e. The maximum absolute atomic E-state index is 11.9. The molecule has 0 saturated carbocycles. The molecule has 5 nitrogen and oxygen atoms in total. The van der Waals surface area contributed by atoms with Gasteiger partial charge in [0.2, 0.25) is 0 Å². The minimum Gasteiger partial charge on any atom is -0.386 e. The molecule has 0 radical (unpaired) electrons. The van der Waals surface area contributed by atoms with Crippen LogP contribution in [0.4, 0.5) is 0 Å². The zero-order valence-electron chi connectivity index (χ0n) is 11.4. The molecule has 0 aliphatic carbocycles. The summed E-state index contributed by atoms with van der Waals surface area (Å²) in [4.78, 5) is 46.0. The van der Waals surface area contributed by atoms with Crippen molar-refractivity contribution in [3.8, 4) is 0 Å². The fraction of sp³-hybridized carbons (Fsp3) is 0. The van der Waals surface area contributed by atoms with Crippen molar-refractivity contribution in [2.24, 2.45) is 0 Å². The fourth-order valence-electron chi connectivity index (χ4n) is 1.74. The van der Waals surface area contributed by atoms with E-state index in [1.165, 1.54) is 48.5 Å². The van der Waals surface area contributed by atoms with Gasteiger partial charge in [0, 0.05) is 11.1 Å². The van der Waals surface area contributed by atoms with Crippen LogP contribution in [0.1, 0.15) is 41.4 Å². The monoisotopic (exact) mass is 350 g/mol. The zero-order valence-corrected chi connectivity index (χ0v) is 12.9. The van der Waals surface area contributed by atoms with Gasteiger partial charge in [0.05, 0.1) is 11.1 Å². The Balaban J connectivity index is 2.18. The first-order chi connectivity index (χ1) is 10.9. The molecule has 116 valence electrons. The van der Waals surface area contributed by atoms with Gasteiger partial charge in [-0.1, -0.05) is 24.3 Å². The number of benzene rings is 2. The first kappa shape index (κ1) is 16.9. The van der Waals surface area contributed by atoms with E-state index in [1.807, 2.05) is 0 Å². The molecule has 0 unspecified atom stereocenters. The van der Waals surface area contributed by atoms with Gasteiger partial charge < -0.3 is 4.74 Å². The number of hydrogen-bond donors (Lipinski definition) is 0. The van der Waals surface area contributed by atoms with E-state index in [1.54, 1.807) is 0 Å². The summed E-state index contributed by atoms with van der Waals surface area (Å²) in [7, 11) is 0. The van der Waals surface area contributed by atoms with E-state index >= 15 is 0 Å². The molecule has 0 saturated heterocycles. The van der Waals surface area contributed by atoms with Gasteiger partial charge in [0.1, 0.15) is 0 Å². The molecular formula is C16H8Cl2O5. The summed E-state index contributed by atoms with van der Waals surface area (Å²) in [5.41, 5.74) is 0.190. The lowest BCUT2D eigenvalue weighted by Gasteiger charge is -2.04. The van der Waals surface area contributed by atoms with Crippen LogP contribution in [-0.4, -0.2) is 22.4 Å². The first-order valence-corrected chi connectivity index (χ1v) is 7.00. The standard InChI is InChI=1S/C16H8Cl2O5/c17-13(19)9-3-1-5-11(7-9)15(21)23-16(22)12-6-2-4-10(8-12)14(18)20/h1-8H. The van der Waals surface area contributed by atoms with E-state index < -0.39 is 22.4 Å². The van der Waals surface area contributed by atoms with Gasteiger partial charge in [-0.15, -0.1) is 0 Å². The van der Waals surface area contributed by atoms with Crippen LogP contribution in [0.3, 0.4) is 0 Å². The second-order valence-electron chi connectivity index (χ2n) is 4.39. The minimum absolute atomic E-state index is 0.00516. The number of carbonyl (C=O) groups excluding carboxylic acids is 4. The van der Waals surface area contributed by atoms with E-state index in [0.717, 1.165) is 0 Å². The molecule has 0 fully saturated rings. The second-order valence-corrected chi connectivity index (χ2v) is 5.07. The molecule has 7 heteroatoms. The minimum atomic E-state index is -0.947. The molecule has 2 aromatic carbocycles. The van der Waals surface area contributed by atoms with E-state index in [4.69, 9.17) is 27.9 Å². The fourth-order valence-corrected chi connectivity index (χ4v) is 1.97. The largest absolute Gasteiger partial charge is 0.386 e. The topological polar surface area (TPSA) is 77.5 Å². The molecule has 2 rings (SSSR count). The third-order valence-corrected chi connectivity index (χ3v) is 3.27. The normalized spacial score (nSPS) is 10.0. The molecular weight excluding hydrogens is 343 g/mol. The molecule has 0 amide bonds. The molecule has 2 aromatic rings. The highest BCUT2D eigenvalue weighted by molar-refractivity contribution is 6.68. The Morgan fingerprint density at radius 1 is 0.652 bits per heavy atom. The van der Waals surface area contributed by atoms with Crippen LogP contribution < -0.4 is 0 Å². The Kier molecular flexibility index (Phi) is 5.26. The van der Waals surface area contributed by atoms with Crippen molar-refractivity contribution in [2.45, 2.75) is 0 Å². The SMILES string of the molecule is O=C(Cl)c1cccc(C(=O)OC(=O)c2cccc(C(=O)Cl)c2)c1. The van der Waals surface area contributed by atoms with Crippen molar-refractivity contribution in [3.05, 3.63) is 70.8 Å². The zero-order chi connectivity index (χ0) is 17.0. The highest BCUT2D eigenvalue weighted by Crippen LogP contribution is 2.13. The Morgan fingerprint density at radius 2 is 1.00 bits per heavy atom. The number of halogens is 2. The number of carbonyl (C=O) groups is 4. The van der Waals surface area contributed by atoms with Crippen molar-refractivity contribution >= 4 is 45.6 Å². The van der Waals surface area contributed by atoms with Crippen LogP contribution in [0.2, 0.25) is 0 Å². The molecule has 0 N–H and O–H groups in total. The van der Waals surface area contributed by atoms with Crippen LogP contribution in [0.25, 0.3) is 0 Å². The van der Waals surface area contributed by atoms with Gasteiger partial charge in [-0.25, -0.2) is 9.59 Å². The summed E-state index contributed by atoms with van der Waals surface area (Å²) >= 11 is 10.7. The van der Waals surface area contributed by atoms with Gasteiger partial charge in [0.15, 0.2) is 0 Å². The Hall–Kier alpha value is -2.50. The van der Waals surface area contributed by atoms with Gasteiger partial charge >= 0.3 is 11.9 Å². The number of rotatable bonds is 4. The van der Waals surface area contributed by atoms with E-state index in [2.05, 4.69) is 0 Å². The Labute approximate surface area is 140 Å². The number of hydrogen-bond acceptors (Lipinski definition) is 5. The number of esters is 2. The van der Waals surface area contributed by atoms with Crippen LogP contribution >= 0.6 is 23.2 Å². The average Bonchev–Trinajstić information content (AvgIpc) is 2.54. The van der Waals surface area contributed by atoms with Crippen molar-refractivity contribution in [2.75, 3.05) is 0 Å². The maximum atomic E-state index is 11.9. The second kappa shape index (κ2) is 7.17. The number of ether oxygens (including phenoxy) is 1. The third kappa shape index (κ3) is 4.25. The van der Waals surface area contributed by atoms with Crippen LogP contribution in [0.5, 0.6) is 0 Å². The van der Waals surface area contributed by atoms with Gasteiger partial charge in [-0.05, 0) is 47.5 Å². The molecule has 0 bridgehead atoms. The van der Waals surface area contributed by atoms with Crippen molar-refractivity contribution in [1.29, 1.82) is 0 Å². The van der Waals surface area contributed by atoms with Gasteiger partial charge in [0.25, 0.3) is 10.5 Å². The molecule has 23 heavy (non-hydrogen) atoms. The molecule has 0 heterocycles. The predicted octanol–water partition coefficient (Wildman–Crippen LogP) is 3.44. The molecule has 0 atom stereocenters. The maximum Gasteiger partial charge on any atom is 0.346 e. The summed E-state index contributed by atoms with van der Waals surface area (Å²) in [5.74, 6) is -1.89. The summed E-state index contributed by atoms with van der Waals surface area (Å²) < 4.78 is 4.71. The van der Waals surface area contributed by atoms with Crippen LogP contribution in [-0.2, 0) is 4.74 Å². The van der Waals surface area contributed by atoms with Gasteiger partial charge in [-0.3, -0.25) is 9.59 Å². The summed E-state index contributed by atoms with van der Waals surface area (Å²) in [6.07, 6.45) is 0. The van der Waals surface area contributed by atoms with E-state index in [0.29, 0.717) is 0 Å². The summed E-state index contributed by atoms with van der Waals surface area (Å²) in [6.45, 7) is 0. The highest BCUT2D eigenvalue weighted by atomic mass is 35.5. The highest BCUT2D eigenvalue weighted by Gasteiger charge is 2.17. The molecule has 0 aromatic heterocycles. The van der Waals surface area contributed by atoms with Crippen molar-refractivity contribution < 1.29 is 23.9 Å². The van der Waals surface area contributed by atoms with E-state index in [-0.39, 0.29) is 22.3 Å². The molecule has 0 aliphatic heterocycles. The van der Waals surface area contributed by atoms with Crippen LogP contribution in [0, 0.1) is 0 Å². The summed E-state index contributed by atoms with van der Waals surface area (Å²) in [5, 5.41) is -1.47.